The summed E-state index contributed by atoms with van der Waals surface area (Å²) in [5.41, 5.74) is 1.89. The minimum atomic E-state index is -1.00. The van der Waals surface area contributed by atoms with Gasteiger partial charge < -0.3 is 14.9 Å². The van der Waals surface area contributed by atoms with E-state index in [-0.39, 0.29) is 24.0 Å². The molecule has 0 saturated carbocycles. The Kier molecular flexibility index (Phi) is 5.41. The first-order valence-corrected chi connectivity index (χ1v) is 8.69. The van der Waals surface area contributed by atoms with Crippen molar-refractivity contribution in [2.45, 2.75) is 26.4 Å². The van der Waals surface area contributed by atoms with Crippen LogP contribution >= 0.6 is 0 Å². The van der Waals surface area contributed by atoms with Crippen molar-refractivity contribution in [3.63, 3.8) is 0 Å². The molecule has 146 valence electrons. The fourth-order valence-corrected chi connectivity index (χ4v) is 2.49. The van der Waals surface area contributed by atoms with Crippen LogP contribution in [-0.4, -0.2) is 38.5 Å². The molecule has 0 fully saturated rings. The summed E-state index contributed by atoms with van der Waals surface area (Å²) in [6, 6.07) is 7.58. The number of hydrogen-bond donors (Lipinski definition) is 3. The fourth-order valence-electron chi connectivity index (χ4n) is 2.49. The molecular formula is C20H21FN4O3. The van der Waals surface area contributed by atoms with Gasteiger partial charge in [-0.3, -0.25) is 9.89 Å². The molecule has 0 saturated heterocycles. The van der Waals surface area contributed by atoms with Gasteiger partial charge in [0.25, 0.3) is 5.91 Å². The molecule has 8 heteroatoms. The van der Waals surface area contributed by atoms with Crippen molar-refractivity contribution in [1.29, 1.82) is 0 Å². The van der Waals surface area contributed by atoms with Gasteiger partial charge in [-0.05, 0) is 63.3 Å². The third kappa shape index (κ3) is 4.72. The molecule has 7 nitrogen and oxygen atoms in total. The van der Waals surface area contributed by atoms with Crippen LogP contribution in [0, 0.1) is 12.7 Å². The number of hydrogen-bond acceptors (Lipinski definition) is 5. The SMILES string of the molecule is Cc1onc(-c2ccc(F)cc2)c1C=Cc1cc(C(=O)NCC(C)(C)O)n[nH]1. The Hall–Kier alpha value is -3.26. The second-order valence-electron chi connectivity index (χ2n) is 7.04. The predicted octanol–water partition coefficient (Wildman–Crippen LogP) is 3.18. The van der Waals surface area contributed by atoms with Crippen molar-refractivity contribution in [2.75, 3.05) is 6.54 Å². The molecule has 3 aromatic rings. The molecule has 3 N–H and O–H groups in total. The van der Waals surface area contributed by atoms with E-state index in [0.717, 1.165) is 11.1 Å². The van der Waals surface area contributed by atoms with Crippen molar-refractivity contribution < 1.29 is 18.8 Å². The van der Waals surface area contributed by atoms with Crippen molar-refractivity contribution in [1.82, 2.24) is 20.7 Å². The Morgan fingerprint density at radius 1 is 1.32 bits per heavy atom. The Labute approximate surface area is 161 Å². The highest BCUT2D eigenvalue weighted by Crippen LogP contribution is 2.27. The molecule has 0 unspecified atom stereocenters. The van der Waals surface area contributed by atoms with Crippen LogP contribution in [-0.2, 0) is 0 Å². The van der Waals surface area contributed by atoms with E-state index in [1.54, 1.807) is 51.1 Å². The molecule has 0 aliphatic heterocycles. The molecular weight excluding hydrogens is 363 g/mol. The number of aliphatic hydroxyl groups is 1. The number of benzene rings is 1. The molecule has 3 rings (SSSR count). The lowest BCUT2D eigenvalue weighted by Gasteiger charge is -2.16. The van der Waals surface area contributed by atoms with Crippen molar-refractivity contribution in [3.05, 3.63) is 58.9 Å². The smallest absolute Gasteiger partial charge is 0.271 e. The zero-order chi connectivity index (χ0) is 20.3. The number of halogens is 1. The number of rotatable bonds is 6. The number of H-pyrrole nitrogens is 1. The Morgan fingerprint density at radius 2 is 2.04 bits per heavy atom. The maximum Gasteiger partial charge on any atom is 0.271 e. The van der Waals surface area contributed by atoms with Crippen molar-refractivity contribution in [2.24, 2.45) is 0 Å². The number of nitrogens with one attached hydrogen (secondary N) is 2. The lowest BCUT2D eigenvalue weighted by atomic mass is 10.1. The first kappa shape index (κ1) is 19.5. The van der Waals surface area contributed by atoms with Crippen LogP contribution in [0.15, 0.2) is 34.9 Å². The van der Waals surface area contributed by atoms with E-state index in [9.17, 15) is 14.3 Å². The zero-order valence-electron chi connectivity index (χ0n) is 15.8. The van der Waals surface area contributed by atoms with Crippen LogP contribution in [0.2, 0.25) is 0 Å². The zero-order valence-corrected chi connectivity index (χ0v) is 15.8. The quantitative estimate of drug-likeness (QED) is 0.605. The summed E-state index contributed by atoms with van der Waals surface area (Å²) in [7, 11) is 0. The summed E-state index contributed by atoms with van der Waals surface area (Å²) in [5.74, 6) is -0.0988. The summed E-state index contributed by atoms with van der Waals surface area (Å²) in [6.07, 6.45) is 3.53. The van der Waals surface area contributed by atoms with Crippen LogP contribution in [0.4, 0.5) is 4.39 Å². The van der Waals surface area contributed by atoms with Gasteiger partial charge in [0.1, 0.15) is 17.3 Å². The maximum absolute atomic E-state index is 13.1. The largest absolute Gasteiger partial charge is 0.389 e. The monoisotopic (exact) mass is 384 g/mol. The molecule has 1 amide bonds. The average molecular weight is 384 g/mol. The number of aromatic amines is 1. The minimum absolute atomic E-state index is 0.116. The summed E-state index contributed by atoms with van der Waals surface area (Å²) < 4.78 is 18.4. The average Bonchev–Trinajstić information content (AvgIpc) is 3.25. The highest BCUT2D eigenvalue weighted by atomic mass is 19.1. The lowest BCUT2D eigenvalue weighted by Crippen LogP contribution is -2.38. The van der Waals surface area contributed by atoms with Crippen LogP contribution < -0.4 is 5.32 Å². The number of amides is 1. The number of nitrogens with zero attached hydrogens (tertiary/aromatic N) is 2. The van der Waals surface area contributed by atoms with E-state index in [1.807, 2.05) is 0 Å². The lowest BCUT2D eigenvalue weighted by molar-refractivity contribution is 0.0692. The summed E-state index contributed by atoms with van der Waals surface area (Å²) in [5, 5.41) is 23.1. The second-order valence-corrected chi connectivity index (χ2v) is 7.04. The first-order chi connectivity index (χ1) is 13.2. The van der Waals surface area contributed by atoms with E-state index < -0.39 is 5.60 Å². The van der Waals surface area contributed by atoms with Crippen LogP contribution in [0.1, 0.15) is 41.4 Å². The van der Waals surface area contributed by atoms with E-state index in [1.165, 1.54) is 12.1 Å². The molecule has 28 heavy (non-hydrogen) atoms. The van der Waals surface area contributed by atoms with Crippen LogP contribution in [0.5, 0.6) is 0 Å². The number of aromatic nitrogens is 3. The normalized spacial score (nSPS) is 11.9. The highest BCUT2D eigenvalue weighted by Gasteiger charge is 2.17. The highest BCUT2D eigenvalue weighted by molar-refractivity contribution is 5.93. The van der Waals surface area contributed by atoms with Gasteiger partial charge in [-0.15, -0.1) is 0 Å². The number of carbonyl (C=O) groups excluding carboxylic acids is 1. The Bertz CT molecular complexity index is 997. The van der Waals surface area contributed by atoms with Gasteiger partial charge in [0.05, 0.1) is 11.3 Å². The van der Waals surface area contributed by atoms with Crippen molar-refractivity contribution >= 4 is 18.1 Å². The predicted molar refractivity (Wildman–Crippen MR) is 103 cm³/mol. The van der Waals surface area contributed by atoms with Gasteiger partial charge in [0.15, 0.2) is 5.69 Å². The molecule has 0 aliphatic carbocycles. The van der Waals surface area contributed by atoms with Gasteiger partial charge in [0.2, 0.25) is 0 Å². The standard InChI is InChI=1S/C20H21FN4O3/c1-12-16(18(25-28-12)13-4-6-14(21)7-5-13)9-8-15-10-17(24-23-15)19(26)22-11-20(2,3)27/h4-10,27H,11H2,1-3H3,(H,22,26)(H,23,24). The molecule has 0 radical (unpaired) electrons. The second kappa shape index (κ2) is 7.77. The van der Waals surface area contributed by atoms with E-state index in [0.29, 0.717) is 17.1 Å². The van der Waals surface area contributed by atoms with Gasteiger partial charge in [-0.1, -0.05) is 5.16 Å². The first-order valence-electron chi connectivity index (χ1n) is 8.69. The summed E-state index contributed by atoms with van der Waals surface area (Å²) >= 11 is 0. The van der Waals surface area contributed by atoms with E-state index >= 15 is 0 Å². The van der Waals surface area contributed by atoms with Gasteiger partial charge in [-0.2, -0.15) is 5.10 Å². The van der Waals surface area contributed by atoms with E-state index in [4.69, 9.17) is 4.52 Å². The maximum atomic E-state index is 13.1. The van der Waals surface area contributed by atoms with Gasteiger partial charge in [0, 0.05) is 17.7 Å². The summed E-state index contributed by atoms with van der Waals surface area (Å²) in [6.45, 7) is 5.10. The van der Waals surface area contributed by atoms with Crippen LogP contribution in [0.3, 0.4) is 0 Å². The molecule has 0 bridgehead atoms. The van der Waals surface area contributed by atoms with Crippen molar-refractivity contribution in [3.8, 4) is 11.3 Å². The molecule has 2 heterocycles. The molecule has 0 spiro atoms. The molecule has 1 aromatic carbocycles. The Morgan fingerprint density at radius 3 is 2.71 bits per heavy atom. The Balaban J connectivity index is 1.77. The number of aryl methyl sites for hydroxylation is 1. The molecule has 2 aromatic heterocycles. The third-order valence-electron chi connectivity index (χ3n) is 3.97. The van der Waals surface area contributed by atoms with Crippen LogP contribution in [0.25, 0.3) is 23.4 Å². The molecule has 0 aliphatic rings. The summed E-state index contributed by atoms with van der Waals surface area (Å²) in [4.78, 5) is 12.1. The topological polar surface area (TPSA) is 104 Å². The van der Waals surface area contributed by atoms with E-state index in [2.05, 4.69) is 20.7 Å². The fraction of sp³-hybridized carbons (Fsp3) is 0.250. The van der Waals surface area contributed by atoms with Gasteiger partial charge >= 0.3 is 0 Å². The van der Waals surface area contributed by atoms with Gasteiger partial charge in [-0.25, -0.2) is 4.39 Å². The molecule has 0 atom stereocenters. The number of carbonyl (C=O) groups is 1. The third-order valence-corrected chi connectivity index (χ3v) is 3.97. The minimum Gasteiger partial charge on any atom is -0.389 e.